The van der Waals surface area contributed by atoms with Crippen LogP contribution < -0.4 is 4.72 Å². The zero-order chi connectivity index (χ0) is 16.0. The molecule has 1 aliphatic rings. The number of aryl methyl sites for hydroxylation is 1. The smallest absolute Gasteiger partial charge is 0.324 e. The molecule has 2 N–H and O–H groups in total. The summed E-state index contributed by atoms with van der Waals surface area (Å²) in [6, 6.07) is 3.14. The number of carboxylic acid groups (broad SMARTS) is 1. The van der Waals surface area contributed by atoms with E-state index in [0.29, 0.717) is 21.8 Å². The summed E-state index contributed by atoms with van der Waals surface area (Å²) in [5.74, 6) is -1.33. The topological polar surface area (TPSA) is 83.5 Å². The highest BCUT2D eigenvalue weighted by Gasteiger charge is 2.50. The first-order chi connectivity index (χ1) is 9.58. The van der Waals surface area contributed by atoms with E-state index in [9.17, 15) is 18.3 Å². The van der Waals surface area contributed by atoms with Crippen LogP contribution in [0.1, 0.15) is 25.3 Å². The van der Waals surface area contributed by atoms with Gasteiger partial charge in [-0.05, 0) is 66.2 Å². The quantitative estimate of drug-likeness (QED) is 0.736. The highest BCUT2D eigenvalue weighted by molar-refractivity contribution is 9.11. The molecule has 5 nitrogen and oxygen atoms in total. The molecule has 1 aromatic carbocycles. The number of hydrogen-bond donors (Lipinski definition) is 2. The Morgan fingerprint density at radius 2 is 1.90 bits per heavy atom. The Bertz CT molecular complexity index is 700. The number of hydrogen-bond acceptors (Lipinski definition) is 3. The van der Waals surface area contributed by atoms with Gasteiger partial charge in [-0.2, -0.15) is 4.72 Å². The lowest BCUT2D eigenvalue weighted by Gasteiger charge is -2.26. The molecule has 0 saturated heterocycles. The molecule has 0 amide bonds. The molecule has 0 bridgehead atoms. The van der Waals surface area contributed by atoms with Gasteiger partial charge in [-0.15, -0.1) is 0 Å². The van der Waals surface area contributed by atoms with Crippen LogP contribution >= 0.6 is 31.9 Å². The minimum Gasteiger partial charge on any atom is -0.480 e. The molecule has 0 aromatic heterocycles. The van der Waals surface area contributed by atoms with Crippen molar-refractivity contribution >= 4 is 47.9 Å². The van der Waals surface area contributed by atoms with Gasteiger partial charge in [-0.3, -0.25) is 4.79 Å². The molecule has 0 aliphatic heterocycles. The Morgan fingerprint density at radius 1 is 1.33 bits per heavy atom. The number of sulfonamides is 1. The lowest BCUT2D eigenvalue weighted by molar-refractivity contribution is -0.144. The summed E-state index contributed by atoms with van der Waals surface area (Å²) < 4.78 is 28.5. The SMILES string of the molecule is Cc1cc(Br)c(S(=O)(=O)NC(C)(C(=O)O)C2CC2)cc1Br. The van der Waals surface area contributed by atoms with Crippen molar-refractivity contribution in [1.82, 2.24) is 4.72 Å². The van der Waals surface area contributed by atoms with Crippen molar-refractivity contribution in [2.75, 3.05) is 0 Å². The summed E-state index contributed by atoms with van der Waals surface area (Å²) in [6.45, 7) is 3.26. The molecule has 0 radical (unpaired) electrons. The molecule has 116 valence electrons. The highest BCUT2D eigenvalue weighted by atomic mass is 79.9. The van der Waals surface area contributed by atoms with Crippen molar-refractivity contribution < 1.29 is 18.3 Å². The Kier molecular flexibility index (Phi) is 4.55. The summed E-state index contributed by atoms with van der Waals surface area (Å²) in [5.41, 5.74) is -0.598. The third kappa shape index (κ3) is 3.33. The number of aliphatic carboxylic acids is 1. The highest BCUT2D eigenvalue weighted by Crippen LogP contribution is 2.41. The van der Waals surface area contributed by atoms with E-state index in [2.05, 4.69) is 36.6 Å². The third-order valence-electron chi connectivity index (χ3n) is 3.69. The molecule has 8 heteroatoms. The second kappa shape index (κ2) is 5.64. The number of nitrogens with one attached hydrogen (secondary N) is 1. The molecule has 1 aromatic rings. The van der Waals surface area contributed by atoms with E-state index < -0.39 is 21.5 Å². The number of halogens is 2. The third-order valence-corrected chi connectivity index (χ3v) is 7.07. The molecule has 1 atom stereocenters. The summed E-state index contributed by atoms with van der Waals surface area (Å²) in [7, 11) is -3.95. The van der Waals surface area contributed by atoms with Crippen molar-refractivity contribution in [3.8, 4) is 0 Å². The summed E-state index contributed by atoms with van der Waals surface area (Å²) in [5, 5.41) is 9.37. The fourth-order valence-corrected chi connectivity index (χ4v) is 5.23. The fourth-order valence-electron chi connectivity index (χ4n) is 2.13. The largest absolute Gasteiger partial charge is 0.480 e. The summed E-state index contributed by atoms with van der Waals surface area (Å²) in [6.07, 6.45) is 1.42. The van der Waals surface area contributed by atoms with Gasteiger partial charge >= 0.3 is 5.97 Å². The molecule has 1 aliphatic carbocycles. The van der Waals surface area contributed by atoms with E-state index in [1.165, 1.54) is 13.0 Å². The lowest BCUT2D eigenvalue weighted by Crippen LogP contribution is -2.53. The van der Waals surface area contributed by atoms with E-state index in [1.54, 1.807) is 6.07 Å². The second-order valence-corrected chi connectivity index (χ2v) is 8.78. The van der Waals surface area contributed by atoms with Crippen LogP contribution in [0.5, 0.6) is 0 Å². The van der Waals surface area contributed by atoms with E-state index >= 15 is 0 Å². The summed E-state index contributed by atoms with van der Waals surface area (Å²) >= 11 is 6.52. The van der Waals surface area contributed by atoms with Crippen LogP contribution in [0.4, 0.5) is 0 Å². The predicted octanol–water partition coefficient (Wildman–Crippen LogP) is 3.05. The van der Waals surface area contributed by atoms with Crippen molar-refractivity contribution in [3.63, 3.8) is 0 Å². The van der Waals surface area contributed by atoms with Crippen LogP contribution in [-0.2, 0) is 14.8 Å². The predicted molar refractivity (Wildman–Crippen MR) is 85.7 cm³/mol. The van der Waals surface area contributed by atoms with E-state index in [1.807, 2.05) is 6.92 Å². The monoisotopic (exact) mass is 439 g/mol. The normalized spacial score (nSPS) is 18.3. The fraction of sp³-hybridized carbons (Fsp3) is 0.462. The average Bonchev–Trinajstić information content (AvgIpc) is 3.16. The minimum absolute atomic E-state index is 0.0214. The van der Waals surface area contributed by atoms with Crippen LogP contribution in [-0.4, -0.2) is 25.0 Å². The van der Waals surface area contributed by atoms with Crippen molar-refractivity contribution in [3.05, 3.63) is 26.6 Å². The van der Waals surface area contributed by atoms with Crippen LogP contribution in [0.15, 0.2) is 26.0 Å². The molecule has 0 spiro atoms. The van der Waals surface area contributed by atoms with Gasteiger partial charge in [-0.25, -0.2) is 8.42 Å². The van der Waals surface area contributed by atoms with Crippen LogP contribution in [0.2, 0.25) is 0 Å². The number of rotatable bonds is 5. The Labute approximate surface area is 140 Å². The van der Waals surface area contributed by atoms with Gasteiger partial charge in [0.2, 0.25) is 10.0 Å². The zero-order valence-electron chi connectivity index (χ0n) is 11.5. The number of carboxylic acids is 1. The van der Waals surface area contributed by atoms with E-state index in [0.717, 1.165) is 5.56 Å². The lowest BCUT2D eigenvalue weighted by atomic mass is 9.98. The molecule has 1 unspecified atom stereocenters. The Hall–Kier alpha value is -0.440. The molecular formula is C13H15Br2NO4S. The summed E-state index contributed by atoms with van der Waals surface area (Å²) in [4.78, 5) is 11.5. The van der Waals surface area contributed by atoms with Gasteiger partial charge in [0, 0.05) is 8.95 Å². The average molecular weight is 441 g/mol. The first kappa shape index (κ1) is 16.9. The molecular weight excluding hydrogens is 426 g/mol. The van der Waals surface area contributed by atoms with Crippen molar-refractivity contribution in [2.45, 2.75) is 37.1 Å². The van der Waals surface area contributed by atoms with Gasteiger partial charge in [0.05, 0.1) is 4.90 Å². The van der Waals surface area contributed by atoms with Gasteiger partial charge in [0.1, 0.15) is 5.54 Å². The van der Waals surface area contributed by atoms with Crippen molar-refractivity contribution in [2.24, 2.45) is 5.92 Å². The minimum atomic E-state index is -3.95. The number of benzene rings is 1. The molecule has 21 heavy (non-hydrogen) atoms. The van der Waals surface area contributed by atoms with Gasteiger partial charge in [-0.1, -0.05) is 15.9 Å². The maximum Gasteiger partial charge on any atom is 0.324 e. The Morgan fingerprint density at radius 3 is 2.38 bits per heavy atom. The maximum atomic E-state index is 12.5. The van der Waals surface area contributed by atoms with Gasteiger partial charge < -0.3 is 5.11 Å². The maximum absolute atomic E-state index is 12.5. The van der Waals surface area contributed by atoms with E-state index in [4.69, 9.17) is 0 Å². The molecule has 1 saturated carbocycles. The first-order valence-corrected chi connectivity index (χ1v) is 9.38. The molecule has 2 rings (SSSR count). The Balaban J connectivity index is 2.43. The van der Waals surface area contributed by atoms with Gasteiger partial charge in [0.15, 0.2) is 0 Å². The van der Waals surface area contributed by atoms with Crippen LogP contribution in [0.25, 0.3) is 0 Å². The van der Waals surface area contributed by atoms with Gasteiger partial charge in [0.25, 0.3) is 0 Å². The first-order valence-electron chi connectivity index (χ1n) is 6.31. The van der Waals surface area contributed by atoms with E-state index in [-0.39, 0.29) is 10.8 Å². The second-order valence-electron chi connectivity index (χ2n) is 5.42. The van der Waals surface area contributed by atoms with Crippen LogP contribution in [0.3, 0.4) is 0 Å². The van der Waals surface area contributed by atoms with Crippen molar-refractivity contribution in [1.29, 1.82) is 0 Å². The number of carbonyl (C=O) groups is 1. The molecule has 1 fully saturated rings. The van der Waals surface area contributed by atoms with Crippen LogP contribution in [0, 0.1) is 12.8 Å². The zero-order valence-corrected chi connectivity index (χ0v) is 15.5. The molecule has 0 heterocycles. The standard InChI is InChI=1S/C13H15Br2NO4S/c1-7-5-10(15)11(6-9(7)14)21(19,20)16-13(2,12(17)18)8-3-4-8/h5-6,8,16H,3-4H2,1-2H3,(H,17,18).